The Kier molecular flexibility index (Phi) is 6.78. The second kappa shape index (κ2) is 9.48. The van der Waals surface area contributed by atoms with Gasteiger partial charge in [-0.15, -0.1) is 0 Å². The van der Waals surface area contributed by atoms with E-state index < -0.39 is 0 Å². The summed E-state index contributed by atoms with van der Waals surface area (Å²) >= 11 is 0. The molecule has 0 spiro atoms. The summed E-state index contributed by atoms with van der Waals surface area (Å²) in [4.78, 5) is 5.00. The van der Waals surface area contributed by atoms with Crippen molar-refractivity contribution in [3.8, 4) is 11.5 Å². The summed E-state index contributed by atoms with van der Waals surface area (Å²) in [5.74, 6) is 1.90. The average Bonchev–Trinajstić information content (AvgIpc) is 2.70. The van der Waals surface area contributed by atoms with Crippen molar-refractivity contribution in [2.75, 3.05) is 51.3 Å². The van der Waals surface area contributed by atoms with Gasteiger partial charge >= 0.3 is 0 Å². The number of ether oxygens (including phenoxy) is 2. The van der Waals surface area contributed by atoms with Gasteiger partial charge in [-0.1, -0.05) is 23.8 Å². The molecule has 1 aliphatic rings. The molecule has 2 aromatic rings. The van der Waals surface area contributed by atoms with Crippen LogP contribution in [0, 0.1) is 6.92 Å². The van der Waals surface area contributed by atoms with Crippen molar-refractivity contribution < 1.29 is 9.47 Å². The van der Waals surface area contributed by atoms with Gasteiger partial charge in [0.05, 0.1) is 13.7 Å². The van der Waals surface area contributed by atoms with E-state index in [-0.39, 0.29) is 0 Å². The third-order valence-electron chi connectivity index (χ3n) is 4.95. The molecule has 4 heteroatoms. The molecular weight excluding hydrogens is 324 g/mol. The summed E-state index contributed by atoms with van der Waals surface area (Å²) in [5.41, 5.74) is 2.53. The van der Waals surface area contributed by atoms with E-state index in [4.69, 9.17) is 9.47 Å². The van der Waals surface area contributed by atoms with Crippen LogP contribution in [0.3, 0.4) is 0 Å². The van der Waals surface area contributed by atoms with Crippen molar-refractivity contribution in [3.63, 3.8) is 0 Å². The summed E-state index contributed by atoms with van der Waals surface area (Å²) in [6, 6.07) is 16.6. The number of methoxy groups -OCH3 is 1. The van der Waals surface area contributed by atoms with Crippen LogP contribution in [0.1, 0.15) is 18.4 Å². The Morgan fingerprint density at radius 1 is 0.885 bits per heavy atom. The van der Waals surface area contributed by atoms with E-state index in [1.54, 1.807) is 7.11 Å². The van der Waals surface area contributed by atoms with Gasteiger partial charge in [-0.2, -0.15) is 0 Å². The highest BCUT2D eigenvalue weighted by Crippen LogP contribution is 2.22. The zero-order valence-electron chi connectivity index (χ0n) is 16.0. The van der Waals surface area contributed by atoms with E-state index in [2.05, 4.69) is 47.1 Å². The van der Waals surface area contributed by atoms with Crippen molar-refractivity contribution in [2.24, 2.45) is 0 Å². The molecule has 140 valence electrons. The van der Waals surface area contributed by atoms with Crippen molar-refractivity contribution >= 4 is 5.69 Å². The fourth-order valence-electron chi connectivity index (χ4n) is 3.30. The molecule has 0 bridgehead atoms. The van der Waals surface area contributed by atoms with Gasteiger partial charge in [0.1, 0.15) is 11.5 Å². The molecule has 1 aliphatic heterocycles. The number of hydrogen-bond donors (Lipinski definition) is 0. The molecule has 1 fully saturated rings. The largest absolute Gasteiger partial charge is 0.497 e. The summed E-state index contributed by atoms with van der Waals surface area (Å²) < 4.78 is 11.1. The van der Waals surface area contributed by atoms with Gasteiger partial charge in [-0.25, -0.2) is 0 Å². The molecule has 0 aliphatic carbocycles. The molecule has 4 nitrogen and oxygen atoms in total. The van der Waals surface area contributed by atoms with Crippen LogP contribution in [0.25, 0.3) is 0 Å². The lowest BCUT2D eigenvalue weighted by molar-refractivity contribution is 0.238. The highest BCUT2D eigenvalue weighted by Gasteiger charge is 2.17. The van der Waals surface area contributed by atoms with Gasteiger partial charge in [0, 0.05) is 37.9 Å². The maximum atomic E-state index is 5.81. The summed E-state index contributed by atoms with van der Waals surface area (Å²) in [6.45, 7) is 8.44. The zero-order chi connectivity index (χ0) is 18.2. The van der Waals surface area contributed by atoms with Gasteiger partial charge < -0.3 is 14.4 Å². The Labute approximate surface area is 157 Å². The molecule has 0 radical (unpaired) electrons. The number of anilines is 1. The number of rotatable bonds is 8. The number of benzene rings is 2. The number of nitrogens with zero attached hydrogens (tertiary/aromatic N) is 2. The van der Waals surface area contributed by atoms with E-state index >= 15 is 0 Å². The normalized spacial score (nSPS) is 15.1. The molecule has 0 saturated carbocycles. The van der Waals surface area contributed by atoms with Crippen molar-refractivity contribution in [1.29, 1.82) is 0 Å². The monoisotopic (exact) mass is 354 g/mol. The highest BCUT2D eigenvalue weighted by molar-refractivity contribution is 5.51. The van der Waals surface area contributed by atoms with E-state index in [1.165, 1.54) is 17.7 Å². The maximum absolute atomic E-state index is 5.81. The van der Waals surface area contributed by atoms with Crippen LogP contribution in [-0.4, -0.2) is 51.3 Å². The molecule has 0 unspecified atom stereocenters. The van der Waals surface area contributed by atoms with E-state index in [0.29, 0.717) is 0 Å². The third kappa shape index (κ3) is 5.40. The molecule has 2 aromatic carbocycles. The predicted molar refractivity (Wildman–Crippen MR) is 108 cm³/mol. The Morgan fingerprint density at radius 3 is 2.38 bits per heavy atom. The first-order chi connectivity index (χ1) is 12.7. The Morgan fingerprint density at radius 2 is 1.65 bits per heavy atom. The number of piperazine rings is 1. The van der Waals surface area contributed by atoms with E-state index in [1.807, 2.05) is 18.2 Å². The SMILES string of the molecule is COc1cccc(N2CCN(CCCCOc3ccc(C)cc3)CC2)c1. The predicted octanol–water partition coefficient (Wildman–Crippen LogP) is 3.98. The van der Waals surface area contributed by atoms with Gasteiger partial charge in [0.25, 0.3) is 0 Å². The quantitative estimate of drug-likeness (QED) is 0.670. The summed E-state index contributed by atoms with van der Waals surface area (Å²) in [7, 11) is 1.72. The second-order valence-corrected chi connectivity index (χ2v) is 6.90. The van der Waals surface area contributed by atoms with E-state index in [9.17, 15) is 0 Å². The van der Waals surface area contributed by atoms with E-state index in [0.717, 1.165) is 57.3 Å². The minimum Gasteiger partial charge on any atom is -0.497 e. The smallest absolute Gasteiger partial charge is 0.120 e. The number of unbranched alkanes of at least 4 members (excludes halogenated alkanes) is 1. The Balaban J connectivity index is 1.32. The first-order valence-corrected chi connectivity index (χ1v) is 9.55. The van der Waals surface area contributed by atoms with Crippen LogP contribution in [-0.2, 0) is 0 Å². The molecule has 3 rings (SSSR count). The van der Waals surface area contributed by atoms with Crippen LogP contribution >= 0.6 is 0 Å². The minimum atomic E-state index is 0.798. The minimum absolute atomic E-state index is 0.798. The fraction of sp³-hybridized carbons (Fsp3) is 0.455. The van der Waals surface area contributed by atoms with Crippen LogP contribution < -0.4 is 14.4 Å². The van der Waals surface area contributed by atoms with Gasteiger partial charge in [0.2, 0.25) is 0 Å². The first kappa shape index (κ1) is 18.6. The van der Waals surface area contributed by atoms with Crippen LogP contribution in [0.5, 0.6) is 11.5 Å². The Bertz CT molecular complexity index is 664. The first-order valence-electron chi connectivity index (χ1n) is 9.55. The third-order valence-corrected chi connectivity index (χ3v) is 4.95. The summed E-state index contributed by atoms with van der Waals surface area (Å²) in [6.07, 6.45) is 2.29. The number of aryl methyl sites for hydroxylation is 1. The highest BCUT2D eigenvalue weighted by atomic mass is 16.5. The van der Waals surface area contributed by atoms with Crippen LogP contribution in [0.15, 0.2) is 48.5 Å². The van der Waals surface area contributed by atoms with Crippen LogP contribution in [0.2, 0.25) is 0 Å². The Hall–Kier alpha value is -2.20. The molecule has 1 heterocycles. The zero-order valence-corrected chi connectivity index (χ0v) is 16.0. The van der Waals surface area contributed by atoms with Crippen molar-refractivity contribution in [1.82, 2.24) is 4.90 Å². The number of hydrogen-bond acceptors (Lipinski definition) is 4. The van der Waals surface area contributed by atoms with Crippen molar-refractivity contribution in [2.45, 2.75) is 19.8 Å². The van der Waals surface area contributed by atoms with Crippen LogP contribution in [0.4, 0.5) is 5.69 Å². The molecular formula is C22H30N2O2. The average molecular weight is 354 g/mol. The molecule has 0 N–H and O–H groups in total. The molecule has 0 atom stereocenters. The van der Waals surface area contributed by atoms with Gasteiger partial charge in [0.15, 0.2) is 0 Å². The van der Waals surface area contributed by atoms with Gasteiger partial charge in [-0.3, -0.25) is 4.90 Å². The lowest BCUT2D eigenvalue weighted by Crippen LogP contribution is -2.46. The van der Waals surface area contributed by atoms with Gasteiger partial charge in [-0.05, 0) is 50.6 Å². The summed E-state index contributed by atoms with van der Waals surface area (Å²) in [5, 5.41) is 0. The lowest BCUT2D eigenvalue weighted by atomic mass is 10.2. The van der Waals surface area contributed by atoms with Crippen molar-refractivity contribution in [3.05, 3.63) is 54.1 Å². The lowest BCUT2D eigenvalue weighted by Gasteiger charge is -2.36. The topological polar surface area (TPSA) is 24.9 Å². The molecule has 0 amide bonds. The molecule has 1 saturated heterocycles. The second-order valence-electron chi connectivity index (χ2n) is 6.90. The standard InChI is InChI=1S/C22H30N2O2/c1-19-8-10-21(11-9-19)26-17-4-3-12-23-13-15-24(16-14-23)20-6-5-7-22(18-20)25-2/h5-11,18H,3-4,12-17H2,1-2H3. The fourth-order valence-corrected chi connectivity index (χ4v) is 3.30. The maximum Gasteiger partial charge on any atom is 0.120 e. The molecule has 26 heavy (non-hydrogen) atoms. The molecule has 0 aromatic heterocycles.